The Hall–Kier alpha value is -0.260. The van der Waals surface area contributed by atoms with Crippen LogP contribution in [0, 0.1) is 35.5 Å². The number of allylic oxidation sites excluding steroid dienone is 1. The highest BCUT2D eigenvalue weighted by molar-refractivity contribution is 4.87. The molecule has 1 saturated carbocycles. The molecule has 112 valence electrons. The Kier molecular flexibility index (Phi) is 7.18. The summed E-state index contributed by atoms with van der Waals surface area (Å²) in [5.41, 5.74) is 0. The Morgan fingerprint density at radius 2 is 1.74 bits per heavy atom. The van der Waals surface area contributed by atoms with Gasteiger partial charge in [-0.15, -0.1) is 6.58 Å². The van der Waals surface area contributed by atoms with E-state index < -0.39 is 0 Å². The van der Waals surface area contributed by atoms with Crippen molar-refractivity contribution in [2.45, 2.75) is 73.1 Å². The minimum atomic E-state index is 0.792. The molecule has 1 rings (SSSR count). The minimum Gasteiger partial charge on any atom is -0.103 e. The van der Waals surface area contributed by atoms with Crippen LogP contribution in [0.1, 0.15) is 73.1 Å². The van der Waals surface area contributed by atoms with E-state index in [-0.39, 0.29) is 0 Å². The maximum Gasteiger partial charge on any atom is -0.0233 e. The molecule has 0 bridgehead atoms. The lowest BCUT2D eigenvalue weighted by molar-refractivity contribution is 0.166. The van der Waals surface area contributed by atoms with Crippen LogP contribution in [0.3, 0.4) is 0 Å². The molecule has 1 aliphatic carbocycles. The zero-order chi connectivity index (χ0) is 14.4. The van der Waals surface area contributed by atoms with Gasteiger partial charge in [0, 0.05) is 0 Å². The Balaban J connectivity index is 2.35. The second-order valence-electron chi connectivity index (χ2n) is 7.71. The van der Waals surface area contributed by atoms with E-state index in [0.717, 1.165) is 35.5 Å². The zero-order valence-electron chi connectivity index (χ0n) is 14.0. The van der Waals surface area contributed by atoms with E-state index >= 15 is 0 Å². The molecule has 1 aliphatic rings. The van der Waals surface area contributed by atoms with Crippen LogP contribution in [0.15, 0.2) is 12.7 Å². The standard InChI is InChI=1S/C19H36/c1-7-18-10-11-19(17(6)12-18)13-16(5)15(4)9-8-14(2)3/h7,14-19H,1,8-13H2,2-6H3. The summed E-state index contributed by atoms with van der Waals surface area (Å²) >= 11 is 0. The average molecular weight is 264 g/mol. The highest BCUT2D eigenvalue weighted by atomic mass is 14.3. The molecule has 0 aromatic rings. The second-order valence-corrected chi connectivity index (χ2v) is 7.71. The molecule has 0 aromatic heterocycles. The summed E-state index contributed by atoms with van der Waals surface area (Å²) < 4.78 is 0. The normalized spacial score (nSPS) is 31.2. The van der Waals surface area contributed by atoms with Crippen LogP contribution in [-0.4, -0.2) is 0 Å². The summed E-state index contributed by atoms with van der Waals surface area (Å²) in [4.78, 5) is 0. The molecule has 0 heterocycles. The van der Waals surface area contributed by atoms with Crippen molar-refractivity contribution >= 4 is 0 Å². The highest BCUT2D eigenvalue weighted by Gasteiger charge is 2.28. The summed E-state index contributed by atoms with van der Waals surface area (Å²) in [7, 11) is 0. The highest BCUT2D eigenvalue weighted by Crippen LogP contribution is 2.39. The summed E-state index contributed by atoms with van der Waals surface area (Å²) in [6.07, 6.45) is 10.6. The zero-order valence-corrected chi connectivity index (χ0v) is 14.0. The molecule has 19 heavy (non-hydrogen) atoms. The first kappa shape index (κ1) is 16.8. The number of rotatable bonds is 7. The van der Waals surface area contributed by atoms with Gasteiger partial charge in [-0.25, -0.2) is 0 Å². The Morgan fingerprint density at radius 3 is 2.26 bits per heavy atom. The second kappa shape index (κ2) is 8.12. The van der Waals surface area contributed by atoms with Gasteiger partial charge in [0.1, 0.15) is 0 Å². The molecule has 0 aliphatic heterocycles. The first-order valence-electron chi connectivity index (χ1n) is 8.56. The molecule has 0 nitrogen and oxygen atoms in total. The van der Waals surface area contributed by atoms with Crippen molar-refractivity contribution in [3.63, 3.8) is 0 Å². The molecule has 5 unspecified atom stereocenters. The SMILES string of the molecule is C=CC1CCC(CC(C)C(C)CCC(C)C)C(C)C1. The molecular formula is C19H36. The lowest BCUT2D eigenvalue weighted by Crippen LogP contribution is -2.25. The van der Waals surface area contributed by atoms with Crippen molar-refractivity contribution < 1.29 is 0 Å². The maximum atomic E-state index is 3.97. The van der Waals surface area contributed by atoms with Gasteiger partial charge < -0.3 is 0 Å². The van der Waals surface area contributed by atoms with E-state index in [1.54, 1.807) is 0 Å². The average Bonchev–Trinajstić information content (AvgIpc) is 2.37. The maximum absolute atomic E-state index is 3.97. The molecular weight excluding hydrogens is 228 g/mol. The van der Waals surface area contributed by atoms with Gasteiger partial charge in [0.2, 0.25) is 0 Å². The Labute approximate surface area is 122 Å². The van der Waals surface area contributed by atoms with E-state index in [4.69, 9.17) is 0 Å². The van der Waals surface area contributed by atoms with Gasteiger partial charge in [-0.05, 0) is 61.2 Å². The van der Waals surface area contributed by atoms with Gasteiger partial charge in [-0.1, -0.05) is 53.5 Å². The predicted molar refractivity (Wildman–Crippen MR) is 87.2 cm³/mol. The van der Waals surface area contributed by atoms with Gasteiger partial charge in [0.15, 0.2) is 0 Å². The van der Waals surface area contributed by atoms with Crippen LogP contribution in [0.5, 0.6) is 0 Å². The van der Waals surface area contributed by atoms with Crippen molar-refractivity contribution in [2.24, 2.45) is 35.5 Å². The molecule has 0 saturated heterocycles. The third kappa shape index (κ3) is 5.71. The predicted octanol–water partition coefficient (Wildman–Crippen LogP) is 6.32. The van der Waals surface area contributed by atoms with E-state index in [9.17, 15) is 0 Å². The first-order chi connectivity index (χ1) is 8.93. The van der Waals surface area contributed by atoms with Crippen LogP contribution in [0.2, 0.25) is 0 Å². The van der Waals surface area contributed by atoms with Crippen LogP contribution >= 0.6 is 0 Å². The van der Waals surface area contributed by atoms with E-state index in [0.29, 0.717) is 0 Å². The van der Waals surface area contributed by atoms with Crippen molar-refractivity contribution in [2.75, 3.05) is 0 Å². The summed E-state index contributed by atoms with van der Waals surface area (Å²) in [5.74, 6) is 5.30. The van der Waals surface area contributed by atoms with Crippen molar-refractivity contribution in [3.05, 3.63) is 12.7 Å². The van der Waals surface area contributed by atoms with Gasteiger partial charge in [0.05, 0.1) is 0 Å². The monoisotopic (exact) mass is 264 g/mol. The van der Waals surface area contributed by atoms with E-state index in [2.05, 4.69) is 47.3 Å². The Bertz CT molecular complexity index is 253. The van der Waals surface area contributed by atoms with Crippen LogP contribution in [-0.2, 0) is 0 Å². The molecule has 1 fully saturated rings. The topological polar surface area (TPSA) is 0 Å². The molecule has 0 aromatic carbocycles. The number of hydrogen-bond donors (Lipinski definition) is 0. The van der Waals surface area contributed by atoms with Gasteiger partial charge >= 0.3 is 0 Å². The van der Waals surface area contributed by atoms with Crippen LogP contribution < -0.4 is 0 Å². The lowest BCUT2D eigenvalue weighted by Gasteiger charge is -2.35. The summed E-state index contributed by atoms with van der Waals surface area (Å²) in [5, 5.41) is 0. The quantitative estimate of drug-likeness (QED) is 0.472. The third-order valence-corrected chi connectivity index (χ3v) is 5.57. The van der Waals surface area contributed by atoms with Crippen LogP contribution in [0.25, 0.3) is 0 Å². The summed E-state index contributed by atoms with van der Waals surface area (Å²) in [6, 6.07) is 0. The molecule has 0 heteroatoms. The molecule has 0 spiro atoms. The first-order valence-corrected chi connectivity index (χ1v) is 8.56. The third-order valence-electron chi connectivity index (χ3n) is 5.57. The fraction of sp³-hybridized carbons (Fsp3) is 0.895. The fourth-order valence-electron chi connectivity index (χ4n) is 3.66. The van der Waals surface area contributed by atoms with Crippen molar-refractivity contribution in [1.82, 2.24) is 0 Å². The molecule has 5 atom stereocenters. The van der Waals surface area contributed by atoms with Crippen LogP contribution in [0.4, 0.5) is 0 Å². The van der Waals surface area contributed by atoms with Crippen molar-refractivity contribution in [3.8, 4) is 0 Å². The van der Waals surface area contributed by atoms with E-state index in [1.165, 1.54) is 38.5 Å². The molecule has 0 radical (unpaired) electrons. The lowest BCUT2D eigenvalue weighted by atomic mass is 9.70. The van der Waals surface area contributed by atoms with Gasteiger partial charge in [0.25, 0.3) is 0 Å². The van der Waals surface area contributed by atoms with Gasteiger partial charge in [-0.3, -0.25) is 0 Å². The number of hydrogen-bond acceptors (Lipinski definition) is 0. The Morgan fingerprint density at radius 1 is 1.05 bits per heavy atom. The molecule has 0 N–H and O–H groups in total. The van der Waals surface area contributed by atoms with Gasteiger partial charge in [-0.2, -0.15) is 0 Å². The smallest absolute Gasteiger partial charge is 0.0233 e. The van der Waals surface area contributed by atoms with Crippen molar-refractivity contribution in [1.29, 1.82) is 0 Å². The van der Waals surface area contributed by atoms with E-state index in [1.807, 2.05) is 0 Å². The minimum absolute atomic E-state index is 0.792. The largest absolute Gasteiger partial charge is 0.103 e. The fourth-order valence-corrected chi connectivity index (χ4v) is 3.66. The summed E-state index contributed by atoms with van der Waals surface area (Å²) in [6.45, 7) is 16.1. The molecule has 0 amide bonds.